The summed E-state index contributed by atoms with van der Waals surface area (Å²) in [4.78, 5) is 26.0. The van der Waals surface area contributed by atoms with Gasteiger partial charge in [0.05, 0.1) is 0 Å². The van der Waals surface area contributed by atoms with E-state index in [4.69, 9.17) is 11.6 Å². The topological polar surface area (TPSA) is 57.6 Å². The zero-order chi connectivity index (χ0) is 15.4. The van der Waals surface area contributed by atoms with E-state index in [0.717, 1.165) is 11.3 Å². The molecule has 1 aromatic carbocycles. The van der Waals surface area contributed by atoms with Crippen molar-refractivity contribution < 1.29 is 14.7 Å². The van der Waals surface area contributed by atoms with E-state index in [1.807, 2.05) is 31.2 Å². The highest BCUT2D eigenvalue weighted by atomic mass is 35.5. The monoisotopic (exact) mass is 327 g/mol. The fourth-order valence-corrected chi connectivity index (χ4v) is 3.50. The van der Waals surface area contributed by atoms with Crippen molar-refractivity contribution in [2.24, 2.45) is 5.92 Å². The Hall–Kier alpha value is -1.20. The van der Waals surface area contributed by atoms with Crippen LogP contribution in [-0.4, -0.2) is 40.2 Å². The van der Waals surface area contributed by atoms with Crippen LogP contribution in [0.3, 0.4) is 0 Å². The third-order valence-electron chi connectivity index (χ3n) is 3.67. The number of thioether (sulfide) groups is 1. The van der Waals surface area contributed by atoms with Crippen molar-refractivity contribution in [2.45, 2.75) is 30.7 Å². The average Bonchev–Trinajstić information content (AvgIpc) is 2.83. The fourth-order valence-electron chi connectivity index (χ4n) is 2.53. The zero-order valence-electron chi connectivity index (χ0n) is 11.8. The lowest BCUT2D eigenvalue weighted by Gasteiger charge is -2.23. The van der Waals surface area contributed by atoms with Gasteiger partial charge in [-0.2, -0.15) is 0 Å². The minimum absolute atomic E-state index is 0.0235. The van der Waals surface area contributed by atoms with Crippen molar-refractivity contribution in [3.8, 4) is 0 Å². The van der Waals surface area contributed by atoms with E-state index in [1.54, 1.807) is 11.8 Å². The van der Waals surface area contributed by atoms with E-state index in [2.05, 4.69) is 0 Å². The number of hydrogen-bond acceptors (Lipinski definition) is 3. The second-order valence-corrected chi connectivity index (χ2v) is 6.79. The first-order valence-corrected chi connectivity index (χ1v) is 8.26. The lowest BCUT2D eigenvalue weighted by molar-refractivity contribution is -0.149. The summed E-state index contributed by atoms with van der Waals surface area (Å²) in [5.74, 6) is -0.320. The second-order valence-electron chi connectivity index (χ2n) is 5.19. The molecule has 2 unspecified atom stereocenters. The van der Waals surface area contributed by atoms with E-state index in [0.29, 0.717) is 23.7 Å². The predicted octanol–water partition coefficient (Wildman–Crippen LogP) is 3.14. The van der Waals surface area contributed by atoms with Crippen LogP contribution in [0.4, 0.5) is 0 Å². The normalized spacial score (nSPS) is 21.5. The molecular formula is C15H18ClNO3S. The number of carboxylic acids is 1. The average molecular weight is 328 g/mol. The molecule has 0 spiro atoms. The van der Waals surface area contributed by atoms with Gasteiger partial charge in [0.1, 0.15) is 6.04 Å². The van der Waals surface area contributed by atoms with E-state index in [1.165, 1.54) is 4.90 Å². The standard InChI is InChI=1S/C15H18ClNO3S/c1-10-6-8-17(14(10)15(19)20)13(18)7-9-21-12-4-2-11(16)3-5-12/h2-5,10,14H,6-9H2,1H3,(H,19,20). The molecule has 1 aliphatic heterocycles. The SMILES string of the molecule is CC1CCN(C(=O)CCSc2ccc(Cl)cc2)C1C(=O)O. The van der Waals surface area contributed by atoms with Crippen LogP contribution in [0, 0.1) is 5.92 Å². The Labute approximate surface area is 133 Å². The largest absolute Gasteiger partial charge is 0.480 e. The minimum Gasteiger partial charge on any atom is -0.480 e. The summed E-state index contributed by atoms with van der Waals surface area (Å²) in [5.41, 5.74) is 0. The molecular weight excluding hydrogens is 310 g/mol. The smallest absolute Gasteiger partial charge is 0.326 e. The molecule has 0 aliphatic carbocycles. The van der Waals surface area contributed by atoms with Crippen molar-refractivity contribution >= 4 is 35.2 Å². The molecule has 1 heterocycles. The van der Waals surface area contributed by atoms with E-state index in [-0.39, 0.29) is 11.8 Å². The van der Waals surface area contributed by atoms with Crippen LogP contribution in [0.1, 0.15) is 19.8 Å². The van der Waals surface area contributed by atoms with E-state index >= 15 is 0 Å². The van der Waals surface area contributed by atoms with Crippen LogP contribution in [0.2, 0.25) is 5.02 Å². The third-order valence-corrected chi connectivity index (χ3v) is 4.94. The van der Waals surface area contributed by atoms with Gasteiger partial charge in [0, 0.05) is 28.6 Å². The molecule has 1 aromatic rings. The van der Waals surface area contributed by atoms with Gasteiger partial charge >= 0.3 is 5.97 Å². The fraction of sp³-hybridized carbons (Fsp3) is 0.467. The van der Waals surface area contributed by atoms with Gasteiger partial charge in [-0.05, 0) is 36.6 Å². The Kier molecular flexibility index (Phi) is 5.53. The maximum atomic E-state index is 12.2. The maximum Gasteiger partial charge on any atom is 0.326 e. The number of hydrogen-bond donors (Lipinski definition) is 1. The Morgan fingerprint density at radius 2 is 2.05 bits per heavy atom. The van der Waals surface area contributed by atoms with Gasteiger partial charge < -0.3 is 10.0 Å². The summed E-state index contributed by atoms with van der Waals surface area (Å²) in [5, 5.41) is 9.91. The van der Waals surface area contributed by atoms with Crippen LogP contribution in [0.25, 0.3) is 0 Å². The molecule has 0 bridgehead atoms. The van der Waals surface area contributed by atoms with Gasteiger partial charge in [0.15, 0.2) is 0 Å². The molecule has 4 nitrogen and oxygen atoms in total. The Balaban J connectivity index is 1.84. The molecule has 6 heteroatoms. The highest BCUT2D eigenvalue weighted by molar-refractivity contribution is 7.99. The number of carbonyl (C=O) groups is 2. The summed E-state index contributed by atoms with van der Waals surface area (Å²) in [6.45, 7) is 2.43. The molecule has 0 aromatic heterocycles. The van der Waals surface area contributed by atoms with Crippen molar-refractivity contribution in [1.82, 2.24) is 4.90 Å². The number of likely N-dealkylation sites (tertiary alicyclic amines) is 1. The summed E-state index contributed by atoms with van der Waals surface area (Å²) in [6.07, 6.45) is 1.11. The molecule has 1 amide bonds. The number of halogens is 1. The highest BCUT2D eigenvalue weighted by Gasteiger charge is 2.38. The number of amides is 1. The van der Waals surface area contributed by atoms with Gasteiger partial charge in [-0.3, -0.25) is 4.79 Å². The second kappa shape index (κ2) is 7.18. The maximum absolute atomic E-state index is 12.2. The molecule has 21 heavy (non-hydrogen) atoms. The van der Waals surface area contributed by atoms with Gasteiger partial charge in [-0.15, -0.1) is 11.8 Å². The summed E-state index contributed by atoms with van der Waals surface area (Å²) in [6, 6.07) is 6.78. The first-order chi connectivity index (χ1) is 9.99. The summed E-state index contributed by atoms with van der Waals surface area (Å²) >= 11 is 7.39. The quantitative estimate of drug-likeness (QED) is 0.844. The zero-order valence-corrected chi connectivity index (χ0v) is 13.4. The van der Waals surface area contributed by atoms with Crippen LogP contribution in [0.5, 0.6) is 0 Å². The van der Waals surface area contributed by atoms with Crippen LogP contribution in [-0.2, 0) is 9.59 Å². The molecule has 0 saturated carbocycles. The van der Waals surface area contributed by atoms with Gasteiger partial charge in [0.2, 0.25) is 5.91 Å². The molecule has 2 atom stereocenters. The number of benzene rings is 1. The number of rotatable bonds is 5. The van der Waals surface area contributed by atoms with Crippen molar-refractivity contribution in [1.29, 1.82) is 0 Å². The lowest BCUT2D eigenvalue weighted by Crippen LogP contribution is -2.42. The predicted molar refractivity (Wildman–Crippen MR) is 83.7 cm³/mol. The molecule has 1 N–H and O–H groups in total. The van der Waals surface area contributed by atoms with Crippen molar-refractivity contribution in [3.63, 3.8) is 0 Å². The van der Waals surface area contributed by atoms with Crippen LogP contribution >= 0.6 is 23.4 Å². The van der Waals surface area contributed by atoms with Crippen molar-refractivity contribution in [3.05, 3.63) is 29.3 Å². The molecule has 1 saturated heterocycles. The third kappa shape index (κ3) is 4.14. The van der Waals surface area contributed by atoms with Crippen LogP contribution < -0.4 is 0 Å². The molecule has 0 radical (unpaired) electrons. The minimum atomic E-state index is -0.904. The first kappa shape index (κ1) is 16.2. The molecule has 114 valence electrons. The Bertz CT molecular complexity index is 520. The van der Waals surface area contributed by atoms with Crippen LogP contribution in [0.15, 0.2) is 29.2 Å². The number of nitrogens with zero attached hydrogens (tertiary/aromatic N) is 1. The van der Waals surface area contributed by atoms with E-state index in [9.17, 15) is 14.7 Å². The Morgan fingerprint density at radius 1 is 1.38 bits per heavy atom. The number of aliphatic carboxylic acids is 1. The number of carboxylic acid groups (broad SMARTS) is 1. The highest BCUT2D eigenvalue weighted by Crippen LogP contribution is 2.26. The molecule has 2 rings (SSSR count). The van der Waals surface area contributed by atoms with Gasteiger partial charge in [-0.1, -0.05) is 18.5 Å². The first-order valence-electron chi connectivity index (χ1n) is 6.89. The van der Waals surface area contributed by atoms with Gasteiger partial charge in [-0.25, -0.2) is 4.79 Å². The Morgan fingerprint density at radius 3 is 2.67 bits per heavy atom. The summed E-state index contributed by atoms with van der Waals surface area (Å²) in [7, 11) is 0. The summed E-state index contributed by atoms with van der Waals surface area (Å²) < 4.78 is 0. The number of carbonyl (C=O) groups excluding carboxylic acids is 1. The lowest BCUT2D eigenvalue weighted by atomic mass is 10.0. The van der Waals surface area contributed by atoms with E-state index < -0.39 is 12.0 Å². The van der Waals surface area contributed by atoms with Gasteiger partial charge in [0.25, 0.3) is 0 Å². The van der Waals surface area contributed by atoms with Crippen molar-refractivity contribution in [2.75, 3.05) is 12.3 Å². The molecule has 1 fully saturated rings. The molecule has 1 aliphatic rings.